The van der Waals surface area contributed by atoms with Crippen molar-refractivity contribution in [3.63, 3.8) is 0 Å². The number of nitrogens with zero attached hydrogens (tertiary/aromatic N) is 1. The standard InChI is InChI=1S/C21H23N3O/c25-21(15-24-13-5-7-16-6-1-4-10-20(16)24)22-12-11-17-14-23-19-9-3-2-8-18(17)19/h1-4,6,8-10,14,23H,5,7,11-13,15H2,(H,22,25). The molecular weight excluding hydrogens is 310 g/mol. The lowest BCUT2D eigenvalue weighted by atomic mass is 10.0. The van der Waals surface area contributed by atoms with E-state index in [0.717, 1.165) is 31.3 Å². The average Bonchev–Trinajstić information content (AvgIpc) is 3.05. The van der Waals surface area contributed by atoms with E-state index in [4.69, 9.17) is 0 Å². The Morgan fingerprint density at radius 3 is 2.92 bits per heavy atom. The third kappa shape index (κ3) is 3.38. The van der Waals surface area contributed by atoms with Gasteiger partial charge in [-0.25, -0.2) is 0 Å². The fraction of sp³-hybridized carbons (Fsp3) is 0.286. The third-order valence-electron chi connectivity index (χ3n) is 4.93. The normalized spacial score (nSPS) is 13.7. The number of hydrogen-bond acceptors (Lipinski definition) is 2. The molecule has 0 fully saturated rings. The molecule has 0 bridgehead atoms. The van der Waals surface area contributed by atoms with Crippen LogP contribution in [0, 0.1) is 0 Å². The Morgan fingerprint density at radius 1 is 1.12 bits per heavy atom. The molecule has 128 valence electrons. The highest BCUT2D eigenvalue weighted by atomic mass is 16.2. The van der Waals surface area contributed by atoms with Crippen molar-refractivity contribution in [1.29, 1.82) is 0 Å². The van der Waals surface area contributed by atoms with Gasteiger partial charge in [-0.1, -0.05) is 36.4 Å². The van der Waals surface area contributed by atoms with E-state index < -0.39 is 0 Å². The van der Waals surface area contributed by atoms with Gasteiger partial charge in [-0.3, -0.25) is 4.79 Å². The number of para-hydroxylation sites is 2. The Labute approximate surface area is 147 Å². The minimum Gasteiger partial charge on any atom is -0.362 e. The zero-order valence-corrected chi connectivity index (χ0v) is 14.3. The Kier molecular flexibility index (Phi) is 4.42. The monoisotopic (exact) mass is 333 g/mol. The molecule has 4 rings (SSSR count). The number of anilines is 1. The molecule has 2 aromatic carbocycles. The first kappa shape index (κ1) is 15.8. The van der Waals surface area contributed by atoms with Gasteiger partial charge in [-0.15, -0.1) is 0 Å². The highest BCUT2D eigenvalue weighted by molar-refractivity contribution is 5.84. The molecule has 2 heterocycles. The number of hydrogen-bond donors (Lipinski definition) is 2. The number of aromatic amines is 1. The van der Waals surface area contributed by atoms with Crippen LogP contribution in [0.25, 0.3) is 10.9 Å². The molecule has 0 saturated carbocycles. The Morgan fingerprint density at radius 2 is 1.96 bits per heavy atom. The second kappa shape index (κ2) is 7.01. The highest BCUT2D eigenvalue weighted by Gasteiger charge is 2.18. The maximum atomic E-state index is 12.4. The summed E-state index contributed by atoms with van der Waals surface area (Å²) in [6, 6.07) is 16.7. The Hall–Kier alpha value is -2.75. The van der Waals surface area contributed by atoms with Gasteiger partial charge in [0.25, 0.3) is 0 Å². The number of rotatable bonds is 5. The summed E-state index contributed by atoms with van der Waals surface area (Å²) in [6.45, 7) is 2.05. The predicted octanol–water partition coefficient (Wildman–Crippen LogP) is 3.28. The number of amides is 1. The van der Waals surface area contributed by atoms with E-state index in [9.17, 15) is 4.79 Å². The highest BCUT2D eigenvalue weighted by Crippen LogP contribution is 2.26. The van der Waals surface area contributed by atoms with E-state index in [0.29, 0.717) is 13.1 Å². The van der Waals surface area contributed by atoms with Crippen LogP contribution in [-0.4, -0.2) is 30.5 Å². The van der Waals surface area contributed by atoms with Crippen LogP contribution in [0.1, 0.15) is 17.5 Å². The minimum absolute atomic E-state index is 0.0940. The summed E-state index contributed by atoms with van der Waals surface area (Å²) in [7, 11) is 0. The van der Waals surface area contributed by atoms with Gasteiger partial charge in [0.15, 0.2) is 0 Å². The van der Waals surface area contributed by atoms with Gasteiger partial charge in [-0.2, -0.15) is 0 Å². The second-order valence-electron chi connectivity index (χ2n) is 6.61. The van der Waals surface area contributed by atoms with Crippen LogP contribution in [-0.2, 0) is 17.6 Å². The van der Waals surface area contributed by atoms with Gasteiger partial charge in [0.1, 0.15) is 0 Å². The van der Waals surface area contributed by atoms with Gasteiger partial charge in [0.2, 0.25) is 5.91 Å². The first-order valence-corrected chi connectivity index (χ1v) is 8.96. The van der Waals surface area contributed by atoms with Crippen molar-refractivity contribution < 1.29 is 4.79 Å². The number of aromatic nitrogens is 1. The van der Waals surface area contributed by atoms with Gasteiger partial charge >= 0.3 is 0 Å². The molecule has 1 aliphatic rings. The van der Waals surface area contributed by atoms with Crippen LogP contribution in [0.4, 0.5) is 5.69 Å². The van der Waals surface area contributed by atoms with Crippen molar-refractivity contribution in [2.24, 2.45) is 0 Å². The number of H-pyrrole nitrogens is 1. The number of fused-ring (bicyclic) bond motifs is 2. The molecular formula is C21H23N3O. The Balaban J connectivity index is 1.33. The van der Waals surface area contributed by atoms with Crippen molar-refractivity contribution in [1.82, 2.24) is 10.3 Å². The molecule has 0 unspecified atom stereocenters. The summed E-state index contributed by atoms with van der Waals surface area (Å²) in [6.07, 6.45) is 5.10. The number of nitrogens with one attached hydrogen (secondary N) is 2. The largest absolute Gasteiger partial charge is 0.362 e. The summed E-state index contributed by atoms with van der Waals surface area (Å²) < 4.78 is 0. The molecule has 0 atom stereocenters. The third-order valence-corrected chi connectivity index (χ3v) is 4.93. The average molecular weight is 333 g/mol. The van der Waals surface area contributed by atoms with Gasteiger partial charge in [-0.05, 0) is 42.5 Å². The molecule has 1 aromatic heterocycles. The summed E-state index contributed by atoms with van der Waals surface area (Å²) >= 11 is 0. The second-order valence-corrected chi connectivity index (χ2v) is 6.61. The van der Waals surface area contributed by atoms with E-state index in [2.05, 4.69) is 45.5 Å². The zero-order chi connectivity index (χ0) is 17.1. The quantitative estimate of drug-likeness (QED) is 0.753. The lowest BCUT2D eigenvalue weighted by molar-refractivity contribution is -0.119. The smallest absolute Gasteiger partial charge is 0.239 e. The van der Waals surface area contributed by atoms with Crippen LogP contribution >= 0.6 is 0 Å². The van der Waals surface area contributed by atoms with Crippen molar-refractivity contribution in [2.45, 2.75) is 19.3 Å². The Bertz CT molecular complexity index is 883. The number of aryl methyl sites for hydroxylation is 1. The molecule has 0 aliphatic carbocycles. The van der Waals surface area contributed by atoms with Gasteiger partial charge in [0, 0.05) is 35.9 Å². The SMILES string of the molecule is O=C(CN1CCCc2ccccc21)NCCc1c[nH]c2ccccc12. The summed E-state index contributed by atoms with van der Waals surface area (Å²) in [5, 5.41) is 4.31. The fourth-order valence-electron chi connectivity index (χ4n) is 3.68. The number of carbonyl (C=O) groups is 1. The molecule has 4 nitrogen and oxygen atoms in total. The first-order chi connectivity index (χ1) is 12.3. The molecule has 25 heavy (non-hydrogen) atoms. The van der Waals surface area contributed by atoms with Gasteiger partial charge < -0.3 is 15.2 Å². The van der Waals surface area contributed by atoms with Crippen molar-refractivity contribution >= 4 is 22.5 Å². The molecule has 4 heteroatoms. The van der Waals surface area contributed by atoms with E-state index in [1.165, 1.54) is 22.2 Å². The van der Waals surface area contributed by atoms with Crippen LogP contribution in [0.15, 0.2) is 54.7 Å². The molecule has 0 spiro atoms. The van der Waals surface area contributed by atoms with Crippen LogP contribution in [0.3, 0.4) is 0 Å². The zero-order valence-electron chi connectivity index (χ0n) is 14.3. The first-order valence-electron chi connectivity index (χ1n) is 8.96. The summed E-state index contributed by atoms with van der Waals surface area (Å²) in [4.78, 5) is 17.8. The predicted molar refractivity (Wildman–Crippen MR) is 102 cm³/mol. The fourth-order valence-corrected chi connectivity index (χ4v) is 3.68. The molecule has 0 radical (unpaired) electrons. The van der Waals surface area contributed by atoms with E-state index in [1.807, 2.05) is 24.4 Å². The molecule has 1 amide bonds. The number of benzene rings is 2. The molecule has 0 saturated heterocycles. The lowest BCUT2D eigenvalue weighted by Crippen LogP contribution is -2.40. The summed E-state index contributed by atoms with van der Waals surface area (Å²) in [5.74, 6) is 0.0940. The van der Waals surface area contributed by atoms with Crippen molar-refractivity contribution in [3.8, 4) is 0 Å². The maximum absolute atomic E-state index is 12.4. The molecule has 1 aliphatic heterocycles. The van der Waals surface area contributed by atoms with Crippen LogP contribution < -0.4 is 10.2 Å². The van der Waals surface area contributed by atoms with E-state index in [1.54, 1.807) is 0 Å². The molecule has 2 N–H and O–H groups in total. The van der Waals surface area contributed by atoms with E-state index >= 15 is 0 Å². The minimum atomic E-state index is 0.0940. The molecule has 3 aromatic rings. The van der Waals surface area contributed by atoms with Crippen molar-refractivity contribution in [3.05, 3.63) is 65.9 Å². The lowest BCUT2D eigenvalue weighted by Gasteiger charge is -2.30. The van der Waals surface area contributed by atoms with Crippen LogP contribution in [0.5, 0.6) is 0 Å². The van der Waals surface area contributed by atoms with Gasteiger partial charge in [0.05, 0.1) is 6.54 Å². The van der Waals surface area contributed by atoms with Crippen LogP contribution in [0.2, 0.25) is 0 Å². The van der Waals surface area contributed by atoms with E-state index in [-0.39, 0.29) is 5.91 Å². The number of carbonyl (C=O) groups excluding carboxylic acids is 1. The van der Waals surface area contributed by atoms with Crippen molar-refractivity contribution in [2.75, 3.05) is 24.5 Å². The topological polar surface area (TPSA) is 48.1 Å². The maximum Gasteiger partial charge on any atom is 0.239 e. The summed E-state index contributed by atoms with van der Waals surface area (Å²) in [5.41, 5.74) is 4.95.